The van der Waals surface area contributed by atoms with Gasteiger partial charge in [-0.25, -0.2) is 9.37 Å². The molecule has 0 saturated carbocycles. The predicted molar refractivity (Wildman–Crippen MR) is 64.1 cm³/mol. The quantitative estimate of drug-likeness (QED) is 0.829. The molecule has 0 aliphatic carbocycles. The maximum atomic E-state index is 13.0. The van der Waals surface area contributed by atoms with Gasteiger partial charge in [0.25, 0.3) is 5.91 Å². The van der Waals surface area contributed by atoms with Crippen molar-refractivity contribution in [2.45, 2.75) is 0 Å². The van der Waals surface area contributed by atoms with Gasteiger partial charge in [0.1, 0.15) is 11.6 Å². The molecule has 0 spiro atoms. The third-order valence-corrected chi connectivity index (χ3v) is 2.34. The summed E-state index contributed by atoms with van der Waals surface area (Å²) in [4.78, 5) is 19.0. The van der Waals surface area contributed by atoms with Crippen LogP contribution >= 0.6 is 0 Å². The first-order valence-electron chi connectivity index (χ1n) is 5.23. The van der Waals surface area contributed by atoms with E-state index in [1.54, 1.807) is 7.05 Å². The summed E-state index contributed by atoms with van der Waals surface area (Å²) >= 11 is 0. The largest absolute Gasteiger partial charge is 0.383 e. The number of halogens is 1. The Balaban J connectivity index is 2.78. The molecule has 0 radical (unpaired) electrons. The monoisotopic (exact) mass is 240 g/mol. The van der Waals surface area contributed by atoms with Crippen molar-refractivity contribution in [2.24, 2.45) is 0 Å². The van der Waals surface area contributed by atoms with Gasteiger partial charge in [0.2, 0.25) is 0 Å². The summed E-state index contributed by atoms with van der Waals surface area (Å²) < 4.78 is 13.0. The van der Waals surface area contributed by atoms with Crippen LogP contribution in [0, 0.1) is 5.82 Å². The minimum Gasteiger partial charge on any atom is -0.383 e. The summed E-state index contributed by atoms with van der Waals surface area (Å²) in [5, 5.41) is 0. The SMILES string of the molecule is CN(C)CCN(C)C(=O)c1cc(F)cnc1N. The van der Waals surface area contributed by atoms with Gasteiger partial charge in [-0.1, -0.05) is 0 Å². The van der Waals surface area contributed by atoms with Crippen LogP contribution in [0.2, 0.25) is 0 Å². The molecule has 1 aromatic heterocycles. The molecule has 0 bridgehead atoms. The van der Waals surface area contributed by atoms with E-state index in [-0.39, 0.29) is 17.3 Å². The van der Waals surface area contributed by atoms with Crippen LogP contribution in [0.15, 0.2) is 12.3 Å². The van der Waals surface area contributed by atoms with Gasteiger partial charge in [0.05, 0.1) is 11.8 Å². The van der Waals surface area contributed by atoms with Gasteiger partial charge in [-0.15, -0.1) is 0 Å². The summed E-state index contributed by atoms with van der Waals surface area (Å²) in [6.45, 7) is 1.27. The lowest BCUT2D eigenvalue weighted by Crippen LogP contribution is -2.34. The highest BCUT2D eigenvalue weighted by atomic mass is 19.1. The second-order valence-corrected chi connectivity index (χ2v) is 4.12. The maximum absolute atomic E-state index is 13.0. The maximum Gasteiger partial charge on any atom is 0.257 e. The van der Waals surface area contributed by atoms with Crippen molar-refractivity contribution in [2.75, 3.05) is 40.0 Å². The lowest BCUT2D eigenvalue weighted by atomic mass is 10.2. The standard InChI is InChI=1S/C11H17FN4O/c1-15(2)4-5-16(3)11(17)9-6-8(12)7-14-10(9)13/h6-7H,4-5H2,1-3H3,(H2,13,14). The van der Waals surface area contributed by atoms with Crippen LogP contribution in [0.3, 0.4) is 0 Å². The number of amides is 1. The number of anilines is 1. The van der Waals surface area contributed by atoms with E-state index in [1.165, 1.54) is 4.90 Å². The highest BCUT2D eigenvalue weighted by Crippen LogP contribution is 2.12. The molecule has 0 atom stereocenters. The van der Waals surface area contributed by atoms with Gasteiger partial charge >= 0.3 is 0 Å². The molecule has 6 heteroatoms. The van der Waals surface area contributed by atoms with Crippen LogP contribution in [0.25, 0.3) is 0 Å². The zero-order valence-electron chi connectivity index (χ0n) is 10.3. The van der Waals surface area contributed by atoms with E-state index in [0.29, 0.717) is 6.54 Å². The summed E-state index contributed by atoms with van der Waals surface area (Å²) in [5.74, 6) is -0.840. The number of nitrogen functional groups attached to an aromatic ring is 1. The lowest BCUT2D eigenvalue weighted by Gasteiger charge is -2.20. The van der Waals surface area contributed by atoms with Crippen LogP contribution in [0.5, 0.6) is 0 Å². The Labute approximate surface area is 100 Å². The van der Waals surface area contributed by atoms with E-state index in [0.717, 1.165) is 18.8 Å². The van der Waals surface area contributed by atoms with Gasteiger partial charge < -0.3 is 15.5 Å². The van der Waals surface area contributed by atoms with Crippen LogP contribution in [-0.4, -0.2) is 54.9 Å². The average Bonchev–Trinajstić information content (AvgIpc) is 2.28. The Kier molecular flexibility index (Phi) is 4.39. The number of pyridine rings is 1. The molecule has 2 N–H and O–H groups in total. The number of aromatic nitrogens is 1. The molecule has 5 nitrogen and oxygen atoms in total. The molecule has 1 amide bonds. The summed E-state index contributed by atoms with van der Waals surface area (Å²) in [5.41, 5.74) is 5.65. The normalized spacial score (nSPS) is 10.6. The second kappa shape index (κ2) is 5.58. The van der Waals surface area contributed by atoms with Crippen molar-refractivity contribution in [1.82, 2.24) is 14.8 Å². The van der Waals surface area contributed by atoms with E-state index in [1.807, 2.05) is 19.0 Å². The Morgan fingerprint density at radius 1 is 1.41 bits per heavy atom. The fraction of sp³-hybridized carbons (Fsp3) is 0.455. The van der Waals surface area contributed by atoms with Crippen molar-refractivity contribution in [3.05, 3.63) is 23.6 Å². The number of nitrogens with two attached hydrogens (primary N) is 1. The smallest absolute Gasteiger partial charge is 0.257 e. The number of rotatable bonds is 4. The molecule has 0 aliphatic rings. The van der Waals surface area contributed by atoms with E-state index >= 15 is 0 Å². The first-order chi connectivity index (χ1) is 7.91. The van der Waals surface area contributed by atoms with Crippen molar-refractivity contribution in [3.63, 3.8) is 0 Å². The first kappa shape index (κ1) is 13.4. The summed E-state index contributed by atoms with van der Waals surface area (Å²) in [6, 6.07) is 1.11. The molecule has 0 unspecified atom stereocenters. The fourth-order valence-electron chi connectivity index (χ4n) is 1.28. The van der Waals surface area contributed by atoms with Gasteiger partial charge in [-0.3, -0.25) is 4.79 Å². The number of nitrogens with zero attached hydrogens (tertiary/aromatic N) is 3. The second-order valence-electron chi connectivity index (χ2n) is 4.12. The zero-order chi connectivity index (χ0) is 13.0. The molecule has 0 aliphatic heterocycles. The Morgan fingerprint density at radius 2 is 2.06 bits per heavy atom. The summed E-state index contributed by atoms with van der Waals surface area (Å²) in [6.07, 6.45) is 0.992. The average molecular weight is 240 g/mol. The minimum atomic E-state index is -0.566. The Hall–Kier alpha value is -1.69. The first-order valence-corrected chi connectivity index (χ1v) is 5.23. The minimum absolute atomic E-state index is 0.0492. The topological polar surface area (TPSA) is 62.5 Å². The van der Waals surface area contributed by atoms with Crippen molar-refractivity contribution >= 4 is 11.7 Å². The Bertz CT molecular complexity index is 408. The highest BCUT2D eigenvalue weighted by Gasteiger charge is 2.16. The molecular formula is C11H17FN4O. The van der Waals surface area contributed by atoms with E-state index in [2.05, 4.69) is 4.98 Å². The number of likely N-dealkylation sites (N-methyl/N-ethyl adjacent to an activating group) is 2. The number of hydrogen-bond donors (Lipinski definition) is 1. The van der Waals surface area contributed by atoms with Gasteiger partial charge in [0.15, 0.2) is 0 Å². The van der Waals surface area contributed by atoms with Crippen LogP contribution < -0.4 is 5.73 Å². The molecule has 94 valence electrons. The van der Waals surface area contributed by atoms with E-state index in [9.17, 15) is 9.18 Å². The highest BCUT2D eigenvalue weighted by molar-refractivity contribution is 5.98. The third-order valence-electron chi connectivity index (χ3n) is 2.34. The molecule has 0 fully saturated rings. The summed E-state index contributed by atoms with van der Waals surface area (Å²) in [7, 11) is 5.48. The molecule has 0 aromatic carbocycles. The number of hydrogen-bond acceptors (Lipinski definition) is 4. The van der Waals surface area contributed by atoms with Crippen molar-refractivity contribution in [1.29, 1.82) is 0 Å². The van der Waals surface area contributed by atoms with Crippen LogP contribution in [-0.2, 0) is 0 Å². The van der Waals surface area contributed by atoms with Crippen LogP contribution in [0.1, 0.15) is 10.4 Å². The van der Waals surface area contributed by atoms with E-state index in [4.69, 9.17) is 5.73 Å². The van der Waals surface area contributed by atoms with Gasteiger partial charge in [0, 0.05) is 20.1 Å². The van der Waals surface area contributed by atoms with Crippen molar-refractivity contribution in [3.8, 4) is 0 Å². The molecule has 1 heterocycles. The molecule has 1 rings (SSSR count). The Morgan fingerprint density at radius 3 is 2.65 bits per heavy atom. The zero-order valence-corrected chi connectivity index (χ0v) is 10.3. The molecular weight excluding hydrogens is 223 g/mol. The van der Waals surface area contributed by atoms with E-state index < -0.39 is 5.82 Å². The lowest BCUT2D eigenvalue weighted by molar-refractivity contribution is 0.0786. The van der Waals surface area contributed by atoms with Crippen LogP contribution in [0.4, 0.5) is 10.2 Å². The third kappa shape index (κ3) is 3.67. The molecule has 1 aromatic rings. The molecule has 17 heavy (non-hydrogen) atoms. The van der Waals surface area contributed by atoms with Crippen molar-refractivity contribution < 1.29 is 9.18 Å². The predicted octanol–water partition coefficient (Wildman–Crippen LogP) is 0.437. The number of carbonyl (C=O) groups excluding carboxylic acids is 1. The fourth-order valence-corrected chi connectivity index (χ4v) is 1.28. The van der Waals surface area contributed by atoms with Gasteiger partial charge in [-0.05, 0) is 20.2 Å². The number of carbonyl (C=O) groups is 1. The van der Waals surface area contributed by atoms with Gasteiger partial charge in [-0.2, -0.15) is 0 Å². The molecule has 0 saturated heterocycles.